The fourth-order valence-corrected chi connectivity index (χ4v) is 3.04. The summed E-state index contributed by atoms with van der Waals surface area (Å²) in [5, 5.41) is 3.07. The van der Waals surface area contributed by atoms with Crippen LogP contribution in [0.5, 0.6) is 0 Å². The molecule has 0 bridgehead atoms. The molecule has 1 aliphatic heterocycles. The second kappa shape index (κ2) is 6.65. The van der Waals surface area contributed by atoms with Crippen LogP contribution in [-0.4, -0.2) is 40.1 Å². The molecule has 4 rings (SSSR count). The van der Waals surface area contributed by atoms with Gasteiger partial charge in [-0.1, -0.05) is 0 Å². The van der Waals surface area contributed by atoms with Gasteiger partial charge in [-0.05, 0) is 37.0 Å². The molecular weight excluding hydrogens is 304 g/mol. The first kappa shape index (κ1) is 15.2. The number of carbonyl (C=O) groups is 1. The second-order valence-electron chi connectivity index (χ2n) is 6.54. The number of amides is 1. The molecule has 1 saturated carbocycles. The highest BCUT2D eigenvalue weighted by Gasteiger charge is 2.30. The molecule has 124 valence electrons. The van der Waals surface area contributed by atoms with Crippen LogP contribution in [0.3, 0.4) is 0 Å². The third-order valence-corrected chi connectivity index (χ3v) is 4.64. The molecule has 24 heavy (non-hydrogen) atoms. The van der Waals surface area contributed by atoms with Gasteiger partial charge in [-0.2, -0.15) is 0 Å². The normalized spacial score (nSPS) is 23.2. The summed E-state index contributed by atoms with van der Waals surface area (Å²) in [6, 6.07) is 4.01. The lowest BCUT2D eigenvalue weighted by atomic mass is 9.95. The molecule has 2 fully saturated rings. The lowest BCUT2D eigenvalue weighted by molar-refractivity contribution is 0.0924. The van der Waals surface area contributed by atoms with Crippen LogP contribution < -0.4 is 5.32 Å². The molecule has 1 N–H and O–H groups in total. The maximum Gasteiger partial charge on any atom is 0.254 e. The summed E-state index contributed by atoms with van der Waals surface area (Å²) < 4.78 is 5.58. The van der Waals surface area contributed by atoms with Crippen LogP contribution in [0.25, 0.3) is 0 Å². The van der Waals surface area contributed by atoms with Gasteiger partial charge in [0.15, 0.2) is 0 Å². The van der Waals surface area contributed by atoms with Gasteiger partial charge in [0.1, 0.15) is 5.82 Å². The van der Waals surface area contributed by atoms with Crippen molar-refractivity contribution >= 4 is 5.91 Å². The molecule has 1 saturated heterocycles. The van der Waals surface area contributed by atoms with Crippen LogP contribution in [0.1, 0.15) is 40.5 Å². The molecule has 0 unspecified atom stereocenters. The average molecular weight is 324 g/mol. The molecule has 6 heteroatoms. The van der Waals surface area contributed by atoms with Crippen molar-refractivity contribution in [2.75, 3.05) is 13.2 Å². The van der Waals surface area contributed by atoms with E-state index < -0.39 is 0 Å². The monoisotopic (exact) mass is 324 g/mol. The predicted molar refractivity (Wildman–Crippen MR) is 87.5 cm³/mol. The zero-order valence-electron chi connectivity index (χ0n) is 13.4. The van der Waals surface area contributed by atoms with Gasteiger partial charge in [-0.15, -0.1) is 0 Å². The molecule has 2 aromatic heterocycles. The number of carbonyl (C=O) groups excluding carboxylic acids is 1. The van der Waals surface area contributed by atoms with Crippen LogP contribution in [0.4, 0.5) is 0 Å². The Labute approximate surface area is 140 Å². The van der Waals surface area contributed by atoms with Crippen molar-refractivity contribution in [3.05, 3.63) is 53.9 Å². The van der Waals surface area contributed by atoms with Gasteiger partial charge in [0.25, 0.3) is 5.91 Å². The molecule has 2 aromatic rings. The molecule has 1 aliphatic carbocycles. The summed E-state index contributed by atoms with van der Waals surface area (Å²) in [7, 11) is 0. The fraction of sp³-hybridized carbons (Fsp3) is 0.444. The van der Waals surface area contributed by atoms with Gasteiger partial charge in [-0.25, -0.2) is 9.97 Å². The van der Waals surface area contributed by atoms with Crippen LogP contribution in [-0.2, 0) is 11.2 Å². The van der Waals surface area contributed by atoms with Crippen LogP contribution in [0.15, 0.2) is 36.9 Å². The van der Waals surface area contributed by atoms with E-state index >= 15 is 0 Å². The van der Waals surface area contributed by atoms with Gasteiger partial charge in [0.05, 0.1) is 24.8 Å². The number of hydrogen-bond acceptors (Lipinski definition) is 5. The number of nitrogens with one attached hydrogen (secondary N) is 1. The zero-order chi connectivity index (χ0) is 16.4. The van der Waals surface area contributed by atoms with E-state index in [0.717, 1.165) is 25.1 Å². The molecule has 1 amide bonds. The highest BCUT2D eigenvalue weighted by atomic mass is 16.5. The van der Waals surface area contributed by atoms with E-state index in [4.69, 9.17) is 4.74 Å². The van der Waals surface area contributed by atoms with E-state index in [1.807, 2.05) is 12.1 Å². The van der Waals surface area contributed by atoms with Crippen LogP contribution in [0, 0.1) is 5.92 Å². The van der Waals surface area contributed by atoms with Gasteiger partial charge in [0, 0.05) is 36.6 Å². The van der Waals surface area contributed by atoms with Gasteiger partial charge in [0.2, 0.25) is 0 Å². The first-order chi connectivity index (χ1) is 11.8. The molecule has 2 atom stereocenters. The summed E-state index contributed by atoms with van der Waals surface area (Å²) in [5.41, 5.74) is 1.71. The van der Waals surface area contributed by atoms with Crippen molar-refractivity contribution in [2.24, 2.45) is 5.92 Å². The van der Waals surface area contributed by atoms with Crippen molar-refractivity contribution in [2.45, 2.75) is 31.2 Å². The zero-order valence-corrected chi connectivity index (χ0v) is 13.4. The van der Waals surface area contributed by atoms with Crippen LogP contribution >= 0.6 is 0 Å². The third kappa shape index (κ3) is 3.43. The Balaban J connectivity index is 1.38. The molecule has 0 radical (unpaired) electrons. The molecule has 2 aliphatic rings. The van der Waals surface area contributed by atoms with Crippen molar-refractivity contribution in [3.8, 4) is 0 Å². The Morgan fingerprint density at radius 3 is 2.62 bits per heavy atom. The van der Waals surface area contributed by atoms with E-state index in [2.05, 4.69) is 20.3 Å². The third-order valence-electron chi connectivity index (χ3n) is 4.64. The van der Waals surface area contributed by atoms with Crippen molar-refractivity contribution in [1.29, 1.82) is 0 Å². The predicted octanol–water partition coefficient (Wildman–Crippen LogP) is 1.74. The quantitative estimate of drug-likeness (QED) is 0.906. The number of aromatic nitrogens is 3. The molecule has 3 heterocycles. The Kier molecular flexibility index (Phi) is 4.21. The second-order valence-corrected chi connectivity index (χ2v) is 6.54. The lowest BCUT2D eigenvalue weighted by Crippen LogP contribution is -2.40. The minimum atomic E-state index is -0.132. The maximum atomic E-state index is 12.4. The van der Waals surface area contributed by atoms with E-state index in [-0.39, 0.29) is 17.9 Å². The number of rotatable bonds is 5. The summed E-state index contributed by atoms with van der Waals surface area (Å²) >= 11 is 0. The Morgan fingerprint density at radius 2 is 1.92 bits per heavy atom. The summed E-state index contributed by atoms with van der Waals surface area (Å²) in [4.78, 5) is 25.1. The van der Waals surface area contributed by atoms with Gasteiger partial charge in [-0.3, -0.25) is 9.78 Å². The standard InChI is InChI=1S/C18H20N4O2/c23-18(15-8-20-17(21-9-15)13-1-2-13)22-16-11-24-10-14(16)7-12-3-5-19-6-4-12/h3-6,8-9,13-14,16H,1-2,7,10-11H2,(H,22,23)/t14-,16-/m1/s1. The minimum Gasteiger partial charge on any atom is -0.379 e. The van der Waals surface area contributed by atoms with E-state index in [1.54, 1.807) is 24.8 Å². The smallest absolute Gasteiger partial charge is 0.254 e. The van der Waals surface area contributed by atoms with E-state index in [0.29, 0.717) is 24.7 Å². The van der Waals surface area contributed by atoms with E-state index in [1.165, 1.54) is 5.56 Å². The Hall–Kier alpha value is -2.34. The van der Waals surface area contributed by atoms with Crippen molar-refractivity contribution in [1.82, 2.24) is 20.3 Å². The average Bonchev–Trinajstić information content (AvgIpc) is 3.39. The fourth-order valence-electron chi connectivity index (χ4n) is 3.04. The Bertz CT molecular complexity index is 701. The summed E-state index contributed by atoms with van der Waals surface area (Å²) in [5.74, 6) is 1.48. The maximum absolute atomic E-state index is 12.4. The first-order valence-corrected chi connectivity index (χ1v) is 8.39. The molecule has 0 spiro atoms. The lowest BCUT2D eigenvalue weighted by Gasteiger charge is -2.19. The highest BCUT2D eigenvalue weighted by molar-refractivity contribution is 5.93. The number of hydrogen-bond donors (Lipinski definition) is 1. The topological polar surface area (TPSA) is 77.0 Å². The number of nitrogens with zero attached hydrogens (tertiary/aromatic N) is 3. The largest absolute Gasteiger partial charge is 0.379 e. The Morgan fingerprint density at radius 1 is 1.17 bits per heavy atom. The molecule has 0 aromatic carbocycles. The van der Waals surface area contributed by atoms with Crippen molar-refractivity contribution in [3.63, 3.8) is 0 Å². The van der Waals surface area contributed by atoms with Gasteiger partial charge < -0.3 is 10.1 Å². The van der Waals surface area contributed by atoms with Gasteiger partial charge >= 0.3 is 0 Å². The summed E-state index contributed by atoms with van der Waals surface area (Å²) in [6.07, 6.45) is 10.0. The summed E-state index contributed by atoms with van der Waals surface area (Å²) in [6.45, 7) is 1.20. The highest BCUT2D eigenvalue weighted by Crippen LogP contribution is 2.37. The van der Waals surface area contributed by atoms with Crippen LogP contribution in [0.2, 0.25) is 0 Å². The first-order valence-electron chi connectivity index (χ1n) is 8.39. The number of pyridine rings is 1. The molecule has 6 nitrogen and oxygen atoms in total. The van der Waals surface area contributed by atoms with Crippen molar-refractivity contribution < 1.29 is 9.53 Å². The van der Waals surface area contributed by atoms with E-state index in [9.17, 15) is 4.79 Å². The molecular formula is C18H20N4O2. The SMILES string of the molecule is O=C(N[C@@H]1COC[C@H]1Cc1ccncc1)c1cnc(C2CC2)nc1. The number of ether oxygens (including phenoxy) is 1. The minimum absolute atomic E-state index is 0.00812.